The minimum absolute atomic E-state index is 0.355. The van der Waals surface area contributed by atoms with Gasteiger partial charge in [-0.05, 0) is 38.3 Å². The van der Waals surface area contributed by atoms with E-state index in [1.807, 2.05) is 31.2 Å². The highest BCUT2D eigenvalue weighted by molar-refractivity contribution is 5.69. The lowest BCUT2D eigenvalue weighted by Crippen LogP contribution is -2.28. The number of nitrogens with one attached hydrogen (secondary N) is 3. The van der Waals surface area contributed by atoms with Gasteiger partial charge >= 0.3 is 0 Å². The molecule has 0 aliphatic carbocycles. The van der Waals surface area contributed by atoms with Crippen molar-refractivity contribution in [2.45, 2.75) is 32.7 Å². The lowest BCUT2D eigenvalue weighted by molar-refractivity contribution is 0.0904. The molecule has 3 aromatic rings. The fourth-order valence-corrected chi connectivity index (χ4v) is 3.19. The van der Waals surface area contributed by atoms with E-state index in [1.165, 1.54) is 5.56 Å². The summed E-state index contributed by atoms with van der Waals surface area (Å²) in [7, 11) is 0. The Bertz CT molecular complexity index is 973. The Balaban J connectivity index is 1.58. The molecule has 1 aliphatic heterocycles. The first-order chi connectivity index (χ1) is 14.1. The second-order valence-electron chi connectivity index (χ2n) is 7.33. The summed E-state index contributed by atoms with van der Waals surface area (Å²) >= 11 is 0. The number of hydrogen-bond acceptors (Lipinski definition) is 6. The lowest BCUT2D eigenvalue weighted by atomic mass is 10.1. The van der Waals surface area contributed by atoms with Crippen LogP contribution in [-0.2, 0) is 4.74 Å². The third kappa shape index (κ3) is 5.42. The molecule has 1 aromatic carbocycles. The maximum absolute atomic E-state index is 5.45. The number of aromatic nitrogens is 4. The molecule has 7 nitrogen and oxygen atoms in total. The SMILES string of the molecule is Cc1ccc(C=Cc2nc(Nc3cc(C)[nH]n3)cc(NC3CCOCC3)n2)cc1. The van der Waals surface area contributed by atoms with Gasteiger partial charge < -0.3 is 15.4 Å². The second kappa shape index (κ2) is 8.87. The van der Waals surface area contributed by atoms with Crippen molar-refractivity contribution in [1.82, 2.24) is 20.2 Å². The lowest BCUT2D eigenvalue weighted by Gasteiger charge is -2.23. The number of ether oxygens (including phenoxy) is 1. The topological polar surface area (TPSA) is 87.8 Å². The highest BCUT2D eigenvalue weighted by Gasteiger charge is 2.15. The van der Waals surface area contributed by atoms with Gasteiger partial charge in [-0.25, -0.2) is 9.97 Å². The molecule has 3 N–H and O–H groups in total. The van der Waals surface area contributed by atoms with Crippen LogP contribution in [0.25, 0.3) is 12.2 Å². The van der Waals surface area contributed by atoms with Gasteiger partial charge in [0, 0.05) is 37.1 Å². The van der Waals surface area contributed by atoms with Crippen molar-refractivity contribution in [3.05, 3.63) is 59.0 Å². The molecule has 0 atom stereocenters. The van der Waals surface area contributed by atoms with Gasteiger partial charge in [0.1, 0.15) is 11.6 Å². The first kappa shape index (κ1) is 19.1. The molecule has 0 radical (unpaired) electrons. The number of nitrogens with zero attached hydrogens (tertiary/aromatic N) is 3. The summed E-state index contributed by atoms with van der Waals surface area (Å²) in [5, 5.41) is 14.0. The van der Waals surface area contributed by atoms with Gasteiger partial charge in [-0.2, -0.15) is 5.10 Å². The van der Waals surface area contributed by atoms with Gasteiger partial charge in [0.25, 0.3) is 0 Å². The van der Waals surface area contributed by atoms with E-state index in [1.54, 1.807) is 0 Å². The van der Waals surface area contributed by atoms with Crippen LogP contribution < -0.4 is 10.6 Å². The fraction of sp³-hybridized carbons (Fsp3) is 0.318. The van der Waals surface area contributed by atoms with E-state index in [-0.39, 0.29) is 0 Å². The Hall–Kier alpha value is -3.19. The summed E-state index contributed by atoms with van der Waals surface area (Å²) in [4.78, 5) is 9.32. The predicted octanol–water partition coefficient (Wildman–Crippen LogP) is 4.32. The van der Waals surface area contributed by atoms with E-state index in [4.69, 9.17) is 4.74 Å². The van der Waals surface area contributed by atoms with Crippen LogP contribution in [0.5, 0.6) is 0 Å². The van der Waals surface area contributed by atoms with Gasteiger partial charge in [0.2, 0.25) is 0 Å². The van der Waals surface area contributed by atoms with Crippen molar-refractivity contribution in [2.24, 2.45) is 0 Å². The van der Waals surface area contributed by atoms with Crippen LogP contribution in [-0.4, -0.2) is 39.4 Å². The Kier molecular flexibility index (Phi) is 5.86. The average Bonchev–Trinajstić information content (AvgIpc) is 3.13. The standard InChI is InChI=1S/C22H26N6O/c1-15-3-5-17(6-4-15)7-8-19-24-20(23-18-9-11-29-12-10-18)14-21(25-19)26-22-13-16(2)27-28-22/h3-8,13-14,18H,9-12H2,1-2H3,(H3,23,24,25,26,27,28). The molecule has 0 saturated carbocycles. The van der Waals surface area contributed by atoms with E-state index in [2.05, 4.69) is 62.0 Å². The van der Waals surface area contributed by atoms with Gasteiger partial charge in [-0.15, -0.1) is 0 Å². The second-order valence-corrected chi connectivity index (χ2v) is 7.33. The molecule has 150 valence electrons. The molecule has 0 amide bonds. The zero-order chi connectivity index (χ0) is 20.1. The van der Waals surface area contributed by atoms with Crippen molar-refractivity contribution >= 4 is 29.6 Å². The molecule has 1 aliphatic rings. The van der Waals surface area contributed by atoms with E-state index in [9.17, 15) is 0 Å². The molecule has 0 bridgehead atoms. The Morgan fingerprint density at radius 3 is 2.45 bits per heavy atom. The van der Waals surface area contributed by atoms with Gasteiger partial charge in [0.15, 0.2) is 11.6 Å². The van der Waals surface area contributed by atoms with Gasteiger partial charge in [-0.3, -0.25) is 5.10 Å². The summed E-state index contributed by atoms with van der Waals surface area (Å²) in [6.07, 6.45) is 5.90. The first-order valence-electron chi connectivity index (χ1n) is 9.91. The monoisotopic (exact) mass is 390 g/mol. The summed E-state index contributed by atoms with van der Waals surface area (Å²) in [6, 6.07) is 12.6. The molecule has 1 saturated heterocycles. The number of anilines is 3. The summed E-state index contributed by atoms with van der Waals surface area (Å²) in [5.74, 6) is 2.86. The van der Waals surface area contributed by atoms with Gasteiger partial charge in [0.05, 0.1) is 0 Å². The predicted molar refractivity (Wildman–Crippen MR) is 116 cm³/mol. The van der Waals surface area contributed by atoms with Crippen LogP contribution in [0.15, 0.2) is 36.4 Å². The Morgan fingerprint density at radius 2 is 1.72 bits per heavy atom. The molecular weight excluding hydrogens is 364 g/mol. The molecule has 0 spiro atoms. The molecule has 3 heterocycles. The first-order valence-corrected chi connectivity index (χ1v) is 9.91. The van der Waals surface area contributed by atoms with Crippen LogP contribution in [0.3, 0.4) is 0 Å². The van der Waals surface area contributed by atoms with Crippen LogP contribution in [0.2, 0.25) is 0 Å². The summed E-state index contributed by atoms with van der Waals surface area (Å²) in [5.41, 5.74) is 3.34. The van der Waals surface area contributed by atoms with Crippen molar-refractivity contribution in [1.29, 1.82) is 0 Å². The third-order valence-corrected chi connectivity index (χ3v) is 4.78. The number of aromatic amines is 1. The summed E-state index contributed by atoms with van der Waals surface area (Å²) < 4.78 is 5.45. The van der Waals surface area contributed by atoms with Crippen molar-refractivity contribution in [3.63, 3.8) is 0 Å². The average molecular weight is 390 g/mol. The largest absolute Gasteiger partial charge is 0.381 e. The third-order valence-electron chi connectivity index (χ3n) is 4.78. The summed E-state index contributed by atoms with van der Waals surface area (Å²) in [6.45, 7) is 5.60. The maximum atomic E-state index is 5.45. The molecule has 1 fully saturated rings. The van der Waals surface area contributed by atoms with Crippen molar-refractivity contribution in [2.75, 3.05) is 23.8 Å². The molecule has 29 heavy (non-hydrogen) atoms. The number of aryl methyl sites for hydroxylation is 2. The maximum Gasteiger partial charge on any atom is 0.156 e. The molecule has 2 aromatic heterocycles. The quantitative estimate of drug-likeness (QED) is 0.581. The van der Waals surface area contributed by atoms with Crippen molar-refractivity contribution < 1.29 is 4.74 Å². The van der Waals surface area contributed by atoms with Gasteiger partial charge in [-0.1, -0.05) is 35.9 Å². The van der Waals surface area contributed by atoms with E-state index in [0.29, 0.717) is 17.7 Å². The molecule has 4 rings (SSSR count). The highest BCUT2D eigenvalue weighted by Crippen LogP contribution is 2.20. The molecular formula is C22H26N6O. The normalized spacial score (nSPS) is 15.0. The minimum Gasteiger partial charge on any atom is -0.381 e. The zero-order valence-electron chi connectivity index (χ0n) is 16.8. The van der Waals surface area contributed by atoms with Crippen LogP contribution in [0.4, 0.5) is 17.5 Å². The minimum atomic E-state index is 0.355. The Morgan fingerprint density at radius 1 is 0.966 bits per heavy atom. The van der Waals surface area contributed by atoms with Crippen LogP contribution in [0.1, 0.15) is 35.5 Å². The molecule has 0 unspecified atom stereocenters. The van der Waals surface area contributed by atoms with E-state index < -0.39 is 0 Å². The number of H-pyrrole nitrogens is 1. The fourth-order valence-electron chi connectivity index (χ4n) is 3.19. The van der Waals surface area contributed by atoms with Crippen molar-refractivity contribution in [3.8, 4) is 0 Å². The van der Waals surface area contributed by atoms with E-state index >= 15 is 0 Å². The number of rotatable bonds is 6. The molecule has 7 heteroatoms. The number of benzene rings is 1. The smallest absolute Gasteiger partial charge is 0.156 e. The Labute approximate surface area is 170 Å². The highest BCUT2D eigenvalue weighted by atomic mass is 16.5. The van der Waals surface area contributed by atoms with Crippen LogP contribution >= 0.6 is 0 Å². The van der Waals surface area contributed by atoms with E-state index in [0.717, 1.165) is 48.9 Å². The number of hydrogen-bond donors (Lipinski definition) is 3. The van der Waals surface area contributed by atoms with Crippen LogP contribution in [0, 0.1) is 13.8 Å². The zero-order valence-corrected chi connectivity index (χ0v) is 16.8.